The lowest BCUT2D eigenvalue weighted by Gasteiger charge is -2.20. The second-order valence-electron chi connectivity index (χ2n) is 7.33. The van der Waals surface area contributed by atoms with Crippen LogP contribution in [0.25, 0.3) is 0 Å². The molecule has 8 nitrogen and oxygen atoms in total. The highest BCUT2D eigenvalue weighted by Gasteiger charge is 2.15. The molecule has 0 saturated heterocycles. The molecule has 0 fully saturated rings. The van der Waals surface area contributed by atoms with E-state index in [1.807, 2.05) is 33.0 Å². The molecule has 29 heavy (non-hydrogen) atoms. The molecule has 0 atom stereocenters. The standard InChI is InChI=1S/C20H36N6O2.HI/c1-7-26(8-2)17-11-10-16(14-24-17)15-25-18(21-6)22-12-9-13-23-19(27)28-20(3,4)5;/h10-11,14H,7-9,12-13,15H2,1-6H3,(H,23,27)(H2,21,22,25);1H. The minimum Gasteiger partial charge on any atom is -0.444 e. The van der Waals surface area contributed by atoms with Crippen molar-refractivity contribution < 1.29 is 9.53 Å². The Bertz CT molecular complexity index is 612. The average molecular weight is 520 g/mol. The van der Waals surface area contributed by atoms with Gasteiger partial charge in [-0.2, -0.15) is 0 Å². The van der Waals surface area contributed by atoms with Crippen LogP contribution in [-0.2, 0) is 11.3 Å². The number of nitrogens with zero attached hydrogens (tertiary/aromatic N) is 3. The predicted octanol–water partition coefficient (Wildman–Crippen LogP) is 3.13. The molecule has 1 rings (SSSR count). The Balaban J connectivity index is 0.00000784. The fourth-order valence-electron chi connectivity index (χ4n) is 2.46. The van der Waals surface area contributed by atoms with Crippen molar-refractivity contribution in [3.05, 3.63) is 23.9 Å². The van der Waals surface area contributed by atoms with Gasteiger partial charge < -0.3 is 25.6 Å². The number of nitrogens with one attached hydrogen (secondary N) is 3. The summed E-state index contributed by atoms with van der Waals surface area (Å²) in [5.74, 6) is 1.71. The fourth-order valence-corrected chi connectivity index (χ4v) is 2.46. The molecule has 0 saturated carbocycles. The number of carbonyl (C=O) groups excluding carboxylic acids is 1. The van der Waals surface area contributed by atoms with Crippen LogP contribution in [0.5, 0.6) is 0 Å². The Morgan fingerprint density at radius 2 is 1.79 bits per heavy atom. The highest BCUT2D eigenvalue weighted by atomic mass is 127. The Kier molecular flexibility index (Phi) is 13.4. The monoisotopic (exact) mass is 520 g/mol. The smallest absolute Gasteiger partial charge is 0.407 e. The molecule has 0 radical (unpaired) electrons. The van der Waals surface area contributed by atoms with Crippen LogP contribution in [0.4, 0.5) is 10.6 Å². The summed E-state index contributed by atoms with van der Waals surface area (Å²) in [5.41, 5.74) is 0.609. The van der Waals surface area contributed by atoms with Gasteiger partial charge in [-0.3, -0.25) is 4.99 Å². The highest BCUT2D eigenvalue weighted by molar-refractivity contribution is 14.0. The number of halogens is 1. The minimum absolute atomic E-state index is 0. The first-order valence-corrected chi connectivity index (χ1v) is 9.90. The third kappa shape index (κ3) is 11.7. The maximum atomic E-state index is 11.6. The number of amides is 1. The molecule has 0 aliphatic rings. The summed E-state index contributed by atoms with van der Waals surface area (Å²) in [4.78, 5) is 22.5. The number of alkyl carbamates (subject to hydrolysis) is 1. The lowest BCUT2D eigenvalue weighted by molar-refractivity contribution is 0.0527. The zero-order valence-electron chi connectivity index (χ0n) is 18.5. The molecule has 166 valence electrons. The van der Waals surface area contributed by atoms with Crippen LogP contribution in [0.15, 0.2) is 23.3 Å². The zero-order chi connectivity index (χ0) is 21.0. The summed E-state index contributed by atoms with van der Waals surface area (Å²) >= 11 is 0. The van der Waals surface area contributed by atoms with E-state index in [0.717, 1.165) is 30.9 Å². The number of hydrogen-bond acceptors (Lipinski definition) is 5. The summed E-state index contributed by atoms with van der Waals surface area (Å²) < 4.78 is 5.20. The normalized spacial score (nSPS) is 11.3. The summed E-state index contributed by atoms with van der Waals surface area (Å²) in [6.07, 6.45) is 2.26. The third-order valence-electron chi connectivity index (χ3n) is 3.89. The molecular weight excluding hydrogens is 483 g/mol. The van der Waals surface area contributed by atoms with Crippen LogP contribution in [-0.4, -0.2) is 55.9 Å². The van der Waals surface area contributed by atoms with Crippen LogP contribution >= 0.6 is 24.0 Å². The summed E-state index contributed by atoms with van der Waals surface area (Å²) in [6.45, 7) is 13.5. The van der Waals surface area contributed by atoms with Crippen molar-refractivity contribution in [3.8, 4) is 0 Å². The number of ether oxygens (including phenoxy) is 1. The second kappa shape index (κ2) is 14.2. The molecular formula is C20H37IN6O2. The van der Waals surface area contributed by atoms with Gasteiger partial charge in [-0.1, -0.05) is 6.07 Å². The van der Waals surface area contributed by atoms with Crippen LogP contribution in [0.1, 0.15) is 46.6 Å². The maximum absolute atomic E-state index is 11.6. The topological polar surface area (TPSA) is 90.9 Å². The van der Waals surface area contributed by atoms with Gasteiger partial charge in [0, 0.05) is 46.0 Å². The van der Waals surface area contributed by atoms with Crippen LogP contribution in [0.2, 0.25) is 0 Å². The molecule has 3 N–H and O–H groups in total. The molecule has 1 heterocycles. The first-order valence-electron chi connectivity index (χ1n) is 9.90. The number of aliphatic imine (C=N–C) groups is 1. The third-order valence-corrected chi connectivity index (χ3v) is 3.89. The number of carbonyl (C=O) groups is 1. The number of aromatic nitrogens is 1. The van der Waals surface area contributed by atoms with Crippen molar-refractivity contribution in [2.24, 2.45) is 4.99 Å². The molecule has 9 heteroatoms. The Morgan fingerprint density at radius 1 is 1.14 bits per heavy atom. The molecule has 1 aromatic heterocycles. The molecule has 1 amide bonds. The molecule has 0 aliphatic carbocycles. The van der Waals surface area contributed by atoms with Gasteiger partial charge in [0.2, 0.25) is 0 Å². The predicted molar refractivity (Wildman–Crippen MR) is 130 cm³/mol. The van der Waals surface area contributed by atoms with E-state index in [2.05, 4.69) is 50.7 Å². The van der Waals surface area contributed by atoms with E-state index in [4.69, 9.17) is 4.74 Å². The van der Waals surface area contributed by atoms with Gasteiger partial charge >= 0.3 is 6.09 Å². The zero-order valence-corrected chi connectivity index (χ0v) is 20.9. The molecule has 1 aromatic rings. The number of rotatable bonds is 9. The quantitative estimate of drug-likeness (QED) is 0.201. The van der Waals surface area contributed by atoms with Crippen molar-refractivity contribution >= 4 is 41.8 Å². The molecule has 0 bridgehead atoms. The van der Waals surface area contributed by atoms with Gasteiger partial charge in [-0.15, -0.1) is 24.0 Å². The van der Waals surface area contributed by atoms with E-state index in [1.165, 1.54) is 0 Å². The largest absolute Gasteiger partial charge is 0.444 e. The van der Waals surface area contributed by atoms with E-state index >= 15 is 0 Å². The lowest BCUT2D eigenvalue weighted by atomic mass is 10.2. The number of hydrogen-bond donors (Lipinski definition) is 3. The molecule has 0 unspecified atom stereocenters. The van der Waals surface area contributed by atoms with E-state index in [0.29, 0.717) is 25.6 Å². The van der Waals surface area contributed by atoms with Crippen molar-refractivity contribution in [1.29, 1.82) is 0 Å². The van der Waals surface area contributed by atoms with Gasteiger partial charge in [0.15, 0.2) is 5.96 Å². The molecule has 0 aromatic carbocycles. The van der Waals surface area contributed by atoms with Crippen LogP contribution < -0.4 is 20.9 Å². The summed E-state index contributed by atoms with van der Waals surface area (Å²) in [7, 11) is 1.73. The van der Waals surface area contributed by atoms with E-state index < -0.39 is 11.7 Å². The van der Waals surface area contributed by atoms with E-state index in [1.54, 1.807) is 7.05 Å². The summed E-state index contributed by atoms with van der Waals surface area (Å²) in [5, 5.41) is 9.23. The van der Waals surface area contributed by atoms with Crippen LogP contribution in [0.3, 0.4) is 0 Å². The molecule has 0 spiro atoms. The van der Waals surface area contributed by atoms with Crippen molar-refractivity contribution in [2.75, 3.05) is 38.1 Å². The maximum Gasteiger partial charge on any atom is 0.407 e. The van der Waals surface area contributed by atoms with Gasteiger partial charge in [-0.05, 0) is 52.7 Å². The van der Waals surface area contributed by atoms with E-state index in [-0.39, 0.29) is 24.0 Å². The first kappa shape index (κ1) is 27.2. The van der Waals surface area contributed by atoms with Crippen LogP contribution in [0, 0.1) is 0 Å². The first-order chi connectivity index (χ1) is 13.3. The summed E-state index contributed by atoms with van der Waals surface area (Å²) in [6, 6.07) is 4.12. The molecule has 0 aliphatic heterocycles. The number of anilines is 1. The van der Waals surface area contributed by atoms with Crippen molar-refractivity contribution in [2.45, 2.75) is 53.2 Å². The Hall–Kier alpha value is -1.78. The van der Waals surface area contributed by atoms with Crippen molar-refractivity contribution in [3.63, 3.8) is 0 Å². The van der Waals surface area contributed by atoms with Gasteiger partial charge in [0.1, 0.15) is 11.4 Å². The average Bonchev–Trinajstić information content (AvgIpc) is 2.64. The van der Waals surface area contributed by atoms with Gasteiger partial charge in [-0.25, -0.2) is 9.78 Å². The lowest BCUT2D eigenvalue weighted by Crippen LogP contribution is -2.39. The van der Waals surface area contributed by atoms with E-state index in [9.17, 15) is 4.79 Å². The fraction of sp³-hybridized carbons (Fsp3) is 0.650. The van der Waals surface area contributed by atoms with Crippen molar-refractivity contribution in [1.82, 2.24) is 20.9 Å². The van der Waals surface area contributed by atoms with Gasteiger partial charge in [0.25, 0.3) is 0 Å². The number of guanidine groups is 1. The highest BCUT2D eigenvalue weighted by Crippen LogP contribution is 2.10. The van der Waals surface area contributed by atoms with Gasteiger partial charge in [0.05, 0.1) is 0 Å². The SMILES string of the molecule is CCN(CC)c1ccc(CNC(=NC)NCCCNC(=O)OC(C)(C)C)cn1.I. The second-order valence-corrected chi connectivity index (χ2v) is 7.33. The number of pyridine rings is 1. The Labute approximate surface area is 192 Å². The minimum atomic E-state index is -0.479. The Morgan fingerprint density at radius 3 is 2.31 bits per heavy atom.